The predicted molar refractivity (Wildman–Crippen MR) is 181 cm³/mol. The summed E-state index contributed by atoms with van der Waals surface area (Å²) in [6.45, 7) is 16.4. The lowest BCUT2D eigenvalue weighted by Crippen LogP contribution is -2.49. The Morgan fingerprint density at radius 2 is 1.84 bits per heavy atom. The molecule has 0 unspecified atom stereocenters. The molecule has 242 valence electrons. The number of piperazine rings is 1. The van der Waals surface area contributed by atoms with Crippen molar-refractivity contribution in [2.45, 2.75) is 78.2 Å². The van der Waals surface area contributed by atoms with Crippen LogP contribution < -0.4 is 10.2 Å². The fourth-order valence-corrected chi connectivity index (χ4v) is 7.53. The Labute approximate surface area is 268 Å². The summed E-state index contributed by atoms with van der Waals surface area (Å²) >= 11 is 0. The van der Waals surface area contributed by atoms with E-state index in [4.69, 9.17) is 10.1 Å². The topological polar surface area (TPSA) is 89.8 Å². The average molecular weight is 614 g/mol. The highest BCUT2D eigenvalue weighted by Gasteiger charge is 2.28. The van der Waals surface area contributed by atoms with Crippen LogP contribution >= 0.6 is 0 Å². The lowest BCUT2D eigenvalue weighted by Gasteiger charge is -2.38. The Morgan fingerprint density at radius 3 is 2.58 bits per heavy atom. The molecule has 0 saturated carbocycles. The molecule has 0 bridgehead atoms. The number of fused-ring (bicyclic) bond motifs is 1. The number of carboxylic acids is 1. The number of aryl methyl sites for hydroxylation is 4. The molecule has 2 N–H and O–H groups in total. The zero-order valence-electron chi connectivity index (χ0n) is 27.6. The summed E-state index contributed by atoms with van der Waals surface area (Å²) in [6.07, 6.45) is 5.67. The molecular weight excluding hydrogens is 562 g/mol. The molecule has 5 heterocycles. The van der Waals surface area contributed by atoms with E-state index in [0.717, 1.165) is 106 Å². The highest BCUT2D eigenvalue weighted by molar-refractivity contribution is 5.68. The maximum absolute atomic E-state index is 12.2. The number of hydrogen-bond acceptors (Lipinski definition) is 7. The predicted octanol–water partition coefficient (Wildman–Crippen LogP) is 5.29. The summed E-state index contributed by atoms with van der Waals surface area (Å²) < 4.78 is 2.01. The van der Waals surface area contributed by atoms with Gasteiger partial charge in [-0.2, -0.15) is 5.10 Å². The second kappa shape index (κ2) is 13.9. The second-order valence-corrected chi connectivity index (χ2v) is 13.8. The van der Waals surface area contributed by atoms with E-state index < -0.39 is 5.97 Å². The average Bonchev–Trinajstić information content (AvgIpc) is 3.63. The standard InChI is InChI=1S/C36H51N7O2/c1-25(2)41-14-16-42(17-15-41)33-19-30(20-34(22-33)43-27(4)18-26(3)39-43)31(21-35(44)45)24-40-13-11-28(23-40)7-9-32-10-8-29-6-5-12-37-36(29)38-32/h8,10,18-20,22,25,28,31H,5-7,9,11-17,21,23-24H2,1-4H3,(H,37,38)(H,44,45)/t28-,31-/m1/s1. The SMILES string of the molecule is Cc1cc(C)n(-c2cc([C@H](CC(=O)O)CN3CC[C@@H](CCc4ccc5c(n4)NCCC5)C3)cc(N3CCN(C(C)C)CC3)c2)n1. The Bertz CT molecular complexity index is 1480. The highest BCUT2D eigenvalue weighted by Crippen LogP contribution is 2.32. The van der Waals surface area contributed by atoms with Gasteiger partial charge in [-0.05, 0) is 114 Å². The van der Waals surface area contributed by atoms with Crippen molar-refractivity contribution < 1.29 is 9.90 Å². The van der Waals surface area contributed by atoms with Gasteiger partial charge in [0.2, 0.25) is 0 Å². The molecule has 2 fully saturated rings. The van der Waals surface area contributed by atoms with Crippen molar-refractivity contribution in [3.8, 4) is 5.69 Å². The number of aliphatic carboxylic acids is 1. The van der Waals surface area contributed by atoms with Gasteiger partial charge in [0.25, 0.3) is 0 Å². The molecule has 2 aromatic heterocycles. The Morgan fingerprint density at radius 1 is 1.04 bits per heavy atom. The number of nitrogens with zero attached hydrogens (tertiary/aromatic N) is 6. The molecule has 0 spiro atoms. The number of rotatable bonds is 11. The minimum absolute atomic E-state index is 0.0951. The first-order valence-corrected chi connectivity index (χ1v) is 17.1. The summed E-state index contributed by atoms with van der Waals surface area (Å²) in [6, 6.07) is 13.8. The van der Waals surface area contributed by atoms with Gasteiger partial charge in [-0.25, -0.2) is 9.67 Å². The minimum atomic E-state index is -0.744. The van der Waals surface area contributed by atoms with Crippen LogP contribution in [0, 0.1) is 19.8 Å². The molecule has 3 aliphatic rings. The molecule has 3 aromatic rings. The van der Waals surface area contributed by atoms with Gasteiger partial charge in [0.05, 0.1) is 17.8 Å². The lowest BCUT2D eigenvalue weighted by atomic mass is 9.93. The van der Waals surface area contributed by atoms with Crippen molar-refractivity contribution in [2.75, 3.05) is 62.6 Å². The quantitative estimate of drug-likeness (QED) is 0.302. The van der Waals surface area contributed by atoms with E-state index in [0.29, 0.717) is 12.0 Å². The molecule has 3 aliphatic heterocycles. The Hall–Kier alpha value is -3.43. The first kappa shape index (κ1) is 31.5. The van der Waals surface area contributed by atoms with Crippen molar-refractivity contribution in [3.63, 3.8) is 0 Å². The van der Waals surface area contributed by atoms with Crippen LogP contribution in [0.2, 0.25) is 0 Å². The van der Waals surface area contributed by atoms with E-state index in [-0.39, 0.29) is 12.3 Å². The van der Waals surface area contributed by atoms with Crippen LogP contribution in [0.4, 0.5) is 11.5 Å². The molecule has 2 atom stereocenters. The third kappa shape index (κ3) is 7.69. The molecule has 0 radical (unpaired) electrons. The van der Waals surface area contributed by atoms with Gasteiger partial charge in [-0.15, -0.1) is 0 Å². The molecule has 0 amide bonds. The summed E-state index contributed by atoms with van der Waals surface area (Å²) in [7, 11) is 0. The third-order valence-corrected chi connectivity index (χ3v) is 10.1. The van der Waals surface area contributed by atoms with E-state index in [1.807, 2.05) is 11.6 Å². The van der Waals surface area contributed by atoms with Gasteiger partial charge < -0.3 is 20.2 Å². The van der Waals surface area contributed by atoms with Crippen LogP contribution in [0.3, 0.4) is 0 Å². The van der Waals surface area contributed by atoms with Gasteiger partial charge in [0.1, 0.15) is 5.82 Å². The molecule has 6 rings (SSSR count). The van der Waals surface area contributed by atoms with Gasteiger partial charge in [0, 0.05) is 74.8 Å². The van der Waals surface area contributed by atoms with E-state index >= 15 is 0 Å². The Kier molecular flexibility index (Phi) is 9.75. The second-order valence-electron chi connectivity index (χ2n) is 13.8. The van der Waals surface area contributed by atoms with Crippen LogP contribution in [-0.4, -0.2) is 94.0 Å². The van der Waals surface area contributed by atoms with Gasteiger partial charge >= 0.3 is 5.97 Å². The summed E-state index contributed by atoms with van der Waals surface area (Å²) in [5.74, 6) is 0.844. The number of likely N-dealkylation sites (tertiary alicyclic amines) is 1. The summed E-state index contributed by atoms with van der Waals surface area (Å²) in [5.41, 5.74) is 7.86. The number of benzene rings is 1. The third-order valence-electron chi connectivity index (χ3n) is 10.1. The summed E-state index contributed by atoms with van der Waals surface area (Å²) in [4.78, 5) is 24.6. The molecule has 9 nitrogen and oxygen atoms in total. The van der Waals surface area contributed by atoms with Crippen molar-refractivity contribution >= 4 is 17.5 Å². The van der Waals surface area contributed by atoms with E-state index in [1.165, 1.54) is 23.4 Å². The smallest absolute Gasteiger partial charge is 0.304 e. The van der Waals surface area contributed by atoms with Crippen LogP contribution in [-0.2, 0) is 17.6 Å². The van der Waals surface area contributed by atoms with Crippen LogP contribution in [0.5, 0.6) is 0 Å². The van der Waals surface area contributed by atoms with Crippen molar-refractivity contribution in [1.82, 2.24) is 24.6 Å². The van der Waals surface area contributed by atoms with Crippen LogP contribution in [0.25, 0.3) is 5.69 Å². The minimum Gasteiger partial charge on any atom is -0.481 e. The van der Waals surface area contributed by atoms with Gasteiger partial charge in [-0.3, -0.25) is 9.69 Å². The van der Waals surface area contributed by atoms with E-state index in [2.05, 4.69) is 77.2 Å². The zero-order valence-corrected chi connectivity index (χ0v) is 27.6. The fourth-order valence-electron chi connectivity index (χ4n) is 7.53. The number of anilines is 2. The van der Waals surface area contributed by atoms with Gasteiger partial charge in [-0.1, -0.05) is 6.07 Å². The molecular formula is C36H51N7O2. The normalized spacial score (nSPS) is 19.9. The number of hydrogen-bond donors (Lipinski definition) is 2. The molecule has 1 aromatic carbocycles. The van der Waals surface area contributed by atoms with Crippen molar-refractivity contribution in [3.05, 3.63) is 64.6 Å². The zero-order chi connectivity index (χ0) is 31.5. The molecule has 2 saturated heterocycles. The first-order valence-electron chi connectivity index (χ1n) is 17.1. The van der Waals surface area contributed by atoms with Crippen molar-refractivity contribution in [1.29, 1.82) is 0 Å². The molecule has 45 heavy (non-hydrogen) atoms. The largest absolute Gasteiger partial charge is 0.481 e. The maximum atomic E-state index is 12.2. The maximum Gasteiger partial charge on any atom is 0.304 e. The van der Waals surface area contributed by atoms with Crippen LogP contribution in [0.1, 0.15) is 73.7 Å². The van der Waals surface area contributed by atoms with Gasteiger partial charge in [0.15, 0.2) is 0 Å². The number of nitrogens with one attached hydrogen (secondary N) is 1. The van der Waals surface area contributed by atoms with E-state index in [9.17, 15) is 9.90 Å². The number of carbonyl (C=O) groups is 1. The number of aromatic nitrogens is 3. The summed E-state index contributed by atoms with van der Waals surface area (Å²) in [5, 5.41) is 18.3. The fraction of sp³-hybridized carbons (Fsp3) is 0.583. The Balaban J connectivity index is 1.18. The molecule has 9 heteroatoms. The number of carboxylic acid groups (broad SMARTS) is 1. The van der Waals surface area contributed by atoms with Crippen LogP contribution in [0.15, 0.2) is 36.4 Å². The highest BCUT2D eigenvalue weighted by atomic mass is 16.4. The van der Waals surface area contributed by atoms with Crippen molar-refractivity contribution in [2.24, 2.45) is 5.92 Å². The number of pyridine rings is 1. The lowest BCUT2D eigenvalue weighted by molar-refractivity contribution is -0.137. The first-order chi connectivity index (χ1) is 21.7. The monoisotopic (exact) mass is 613 g/mol. The molecule has 0 aliphatic carbocycles. The van der Waals surface area contributed by atoms with E-state index in [1.54, 1.807) is 0 Å².